The maximum absolute atomic E-state index is 11.9. The molecule has 1 aliphatic heterocycles. The number of carbonyl (C=O) groups is 1. The summed E-state index contributed by atoms with van der Waals surface area (Å²) >= 11 is 1.87. The summed E-state index contributed by atoms with van der Waals surface area (Å²) in [6.45, 7) is 10.9. The minimum atomic E-state index is 0.122. The Bertz CT molecular complexity index is 406. The van der Waals surface area contributed by atoms with Gasteiger partial charge in [0.15, 0.2) is 0 Å². The molecule has 2 rings (SSSR count). The zero-order valence-electron chi connectivity index (χ0n) is 11.5. The molecule has 0 unspecified atom stereocenters. The lowest BCUT2D eigenvalue weighted by Gasteiger charge is -2.35. The summed E-state index contributed by atoms with van der Waals surface area (Å²) in [6, 6.07) is 4.39. The minimum absolute atomic E-state index is 0.122. The largest absolute Gasteiger partial charge is 0.340 e. The van der Waals surface area contributed by atoms with Gasteiger partial charge in [-0.05, 0) is 19.1 Å². The van der Waals surface area contributed by atoms with E-state index in [1.165, 1.54) is 9.75 Å². The van der Waals surface area contributed by atoms with Gasteiger partial charge in [0.05, 0.1) is 0 Å². The molecule has 0 bridgehead atoms. The van der Waals surface area contributed by atoms with Crippen LogP contribution in [-0.4, -0.2) is 41.9 Å². The molecule has 1 aromatic rings. The van der Waals surface area contributed by atoms with Gasteiger partial charge in [0.25, 0.3) is 0 Å². The molecule has 1 fully saturated rings. The molecule has 0 N–H and O–H groups in total. The molecule has 0 atom stereocenters. The smallest absolute Gasteiger partial charge is 0.225 e. The van der Waals surface area contributed by atoms with E-state index in [0.717, 1.165) is 32.7 Å². The summed E-state index contributed by atoms with van der Waals surface area (Å²) < 4.78 is 0. The quantitative estimate of drug-likeness (QED) is 0.838. The standard InChI is InChI=1S/C14H22N2OS/c1-11(2)14(17)16-8-6-15(7-9-16)10-13-5-4-12(3)18-13/h4-5,11H,6-10H2,1-3H3. The molecule has 0 saturated carbocycles. The Kier molecular flexibility index (Phi) is 4.40. The number of hydrogen-bond donors (Lipinski definition) is 0. The van der Waals surface area contributed by atoms with Gasteiger partial charge in [-0.15, -0.1) is 11.3 Å². The Hall–Kier alpha value is -0.870. The first-order valence-electron chi connectivity index (χ1n) is 6.62. The number of rotatable bonds is 3. The highest BCUT2D eigenvalue weighted by Gasteiger charge is 2.22. The Labute approximate surface area is 113 Å². The molecule has 0 aliphatic carbocycles. The highest BCUT2D eigenvalue weighted by molar-refractivity contribution is 7.11. The summed E-state index contributed by atoms with van der Waals surface area (Å²) in [5, 5.41) is 0. The van der Waals surface area contributed by atoms with Gasteiger partial charge in [-0.3, -0.25) is 9.69 Å². The lowest BCUT2D eigenvalue weighted by Crippen LogP contribution is -2.49. The zero-order chi connectivity index (χ0) is 13.1. The molecular weight excluding hydrogens is 244 g/mol. The number of nitrogens with zero attached hydrogens (tertiary/aromatic N) is 2. The molecule has 1 aliphatic rings. The van der Waals surface area contributed by atoms with Gasteiger partial charge in [-0.25, -0.2) is 0 Å². The van der Waals surface area contributed by atoms with Crippen LogP contribution in [0.1, 0.15) is 23.6 Å². The molecule has 4 heteroatoms. The molecule has 1 aromatic heterocycles. The lowest BCUT2D eigenvalue weighted by atomic mass is 10.1. The number of piperazine rings is 1. The van der Waals surface area contributed by atoms with Crippen molar-refractivity contribution in [3.05, 3.63) is 21.9 Å². The Morgan fingerprint density at radius 1 is 1.28 bits per heavy atom. The summed E-state index contributed by atoms with van der Waals surface area (Å²) in [7, 11) is 0. The molecule has 18 heavy (non-hydrogen) atoms. The van der Waals surface area contributed by atoms with Crippen molar-refractivity contribution in [2.75, 3.05) is 26.2 Å². The molecule has 0 aromatic carbocycles. The average Bonchev–Trinajstić information content (AvgIpc) is 2.75. The van der Waals surface area contributed by atoms with E-state index in [-0.39, 0.29) is 5.92 Å². The fraction of sp³-hybridized carbons (Fsp3) is 0.643. The first kappa shape index (κ1) is 13.6. The average molecular weight is 266 g/mol. The van der Waals surface area contributed by atoms with Gasteiger partial charge in [0.2, 0.25) is 5.91 Å². The number of thiophene rings is 1. The van der Waals surface area contributed by atoms with Crippen LogP contribution >= 0.6 is 11.3 Å². The zero-order valence-corrected chi connectivity index (χ0v) is 12.3. The van der Waals surface area contributed by atoms with E-state index in [1.807, 2.05) is 30.1 Å². The van der Waals surface area contributed by atoms with Gasteiger partial charge in [0, 0.05) is 48.4 Å². The third-order valence-electron chi connectivity index (χ3n) is 3.35. The normalized spacial score (nSPS) is 17.4. The van der Waals surface area contributed by atoms with Crippen molar-refractivity contribution in [1.29, 1.82) is 0 Å². The van der Waals surface area contributed by atoms with E-state index < -0.39 is 0 Å². The number of hydrogen-bond acceptors (Lipinski definition) is 3. The first-order chi connectivity index (χ1) is 8.56. The van der Waals surface area contributed by atoms with Gasteiger partial charge >= 0.3 is 0 Å². The molecule has 1 saturated heterocycles. The van der Waals surface area contributed by atoms with Crippen molar-refractivity contribution in [3.8, 4) is 0 Å². The minimum Gasteiger partial charge on any atom is -0.340 e. The SMILES string of the molecule is Cc1ccc(CN2CCN(C(=O)C(C)C)CC2)s1. The summed E-state index contributed by atoms with van der Waals surface area (Å²) in [5.74, 6) is 0.415. The van der Waals surface area contributed by atoms with Crippen LogP contribution < -0.4 is 0 Å². The summed E-state index contributed by atoms with van der Waals surface area (Å²) in [6.07, 6.45) is 0. The molecule has 3 nitrogen and oxygen atoms in total. The number of carbonyl (C=O) groups excluding carboxylic acids is 1. The predicted molar refractivity (Wildman–Crippen MR) is 75.8 cm³/mol. The van der Waals surface area contributed by atoms with Crippen molar-refractivity contribution in [1.82, 2.24) is 9.80 Å². The second-order valence-corrected chi connectivity index (χ2v) is 6.64. The third-order valence-corrected chi connectivity index (χ3v) is 4.34. The van der Waals surface area contributed by atoms with Gasteiger partial charge in [-0.1, -0.05) is 13.8 Å². The highest BCUT2D eigenvalue weighted by atomic mass is 32.1. The molecule has 1 amide bonds. The predicted octanol–water partition coefficient (Wildman–Crippen LogP) is 2.36. The number of amides is 1. The van der Waals surface area contributed by atoms with E-state index in [2.05, 4.69) is 24.0 Å². The van der Waals surface area contributed by atoms with Crippen LogP contribution in [0.2, 0.25) is 0 Å². The Morgan fingerprint density at radius 3 is 2.44 bits per heavy atom. The third kappa shape index (κ3) is 3.33. The second kappa shape index (κ2) is 5.85. The van der Waals surface area contributed by atoms with Crippen LogP contribution in [0.15, 0.2) is 12.1 Å². The van der Waals surface area contributed by atoms with E-state index in [0.29, 0.717) is 5.91 Å². The van der Waals surface area contributed by atoms with Crippen LogP contribution in [0.25, 0.3) is 0 Å². The van der Waals surface area contributed by atoms with Crippen molar-refractivity contribution >= 4 is 17.2 Å². The Morgan fingerprint density at radius 2 is 1.94 bits per heavy atom. The van der Waals surface area contributed by atoms with Crippen molar-refractivity contribution < 1.29 is 4.79 Å². The molecule has 100 valence electrons. The van der Waals surface area contributed by atoms with Crippen molar-refractivity contribution in [2.45, 2.75) is 27.3 Å². The molecular formula is C14H22N2OS. The van der Waals surface area contributed by atoms with Gasteiger partial charge < -0.3 is 4.90 Å². The first-order valence-corrected chi connectivity index (χ1v) is 7.44. The summed E-state index contributed by atoms with van der Waals surface area (Å²) in [5.41, 5.74) is 0. The fourth-order valence-corrected chi connectivity index (χ4v) is 3.21. The Balaban J connectivity index is 1.82. The second-order valence-electron chi connectivity index (χ2n) is 5.27. The lowest BCUT2D eigenvalue weighted by molar-refractivity contribution is -0.136. The van der Waals surface area contributed by atoms with Crippen molar-refractivity contribution in [2.24, 2.45) is 5.92 Å². The van der Waals surface area contributed by atoms with Crippen LogP contribution in [0.5, 0.6) is 0 Å². The van der Waals surface area contributed by atoms with Crippen molar-refractivity contribution in [3.63, 3.8) is 0 Å². The van der Waals surface area contributed by atoms with Gasteiger partial charge in [0.1, 0.15) is 0 Å². The fourth-order valence-electron chi connectivity index (χ4n) is 2.28. The van der Waals surface area contributed by atoms with E-state index in [1.54, 1.807) is 0 Å². The molecule has 2 heterocycles. The molecule has 0 radical (unpaired) electrons. The van der Waals surface area contributed by atoms with Crippen LogP contribution in [0.4, 0.5) is 0 Å². The maximum atomic E-state index is 11.9. The van der Waals surface area contributed by atoms with Crippen LogP contribution in [0, 0.1) is 12.8 Å². The van der Waals surface area contributed by atoms with E-state index in [9.17, 15) is 4.79 Å². The van der Waals surface area contributed by atoms with Crippen LogP contribution in [-0.2, 0) is 11.3 Å². The van der Waals surface area contributed by atoms with Crippen LogP contribution in [0.3, 0.4) is 0 Å². The van der Waals surface area contributed by atoms with E-state index in [4.69, 9.17) is 0 Å². The molecule has 0 spiro atoms. The number of aryl methyl sites for hydroxylation is 1. The summed E-state index contributed by atoms with van der Waals surface area (Å²) in [4.78, 5) is 19.1. The topological polar surface area (TPSA) is 23.6 Å². The maximum Gasteiger partial charge on any atom is 0.225 e. The monoisotopic (exact) mass is 266 g/mol. The van der Waals surface area contributed by atoms with Gasteiger partial charge in [-0.2, -0.15) is 0 Å². The highest BCUT2D eigenvalue weighted by Crippen LogP contribution is 2.18. The van der Waals surface area contributed by atoms with E-state index >= 15 is 0 Å².